The van der Waals surface area contributed by atoms with Gasteiger partial charge in [0.25, 0.3) is 5.91 Å². The monoisotopic (exact) mass is 365 g/mol. The quantitative estimate of drug-likeness (QED) is 0.741. The number of H-pyrrole nitrogens is 1. The van der Waals surface area contributed by atoms with Crippen LogP contribution in [0.25, 0.3) is 11.3 Å². The fraction of sp³-hybridized carbons (Fsp3) is 0.158. The Hall–Kier alpha value is -3.68. The molecule has 5 rings (SSSR count). The number of aromatic nitrogens is 2. The van der Waals surface area contributed by atoms with E-state index in [1.165, 1.54) is 0 Å². The van der Waals surface area contributed by atoms with E-state index in [0.717, 1.165) is 11.3 Å². The highest BCUT2D eigenvalue weighted by Crippen LogP contribution is 2.38. The van der Waals surface area contributed by atoms with Gasteiger partial charge >= 0.3 is 0 Å². The molecule has 2 aliphatic heterocycles. The van der Waals surface area contributed by atoms with Crippen molar-refractivity contribution in [3.8, 4) is 34.3 Å². The molecule has 0 bridgehead atoms. The van der Waals surface area contributed by atoms with Crippen molar-refractivity contribution in [2.75, 3.05) is 18.9 Å². The van der Waals surface area contributed by atoms with Crippen molar-refractivity contribution in [3.63, 3.8) is 0 Å². The van der Waals surface area contributed by atoms with Crippen LogP contribution in [-0.2, 0) is 0 Å². The summed E-state index contributed by atoms with van der Waals surface area (Å²) < 4.78 is 21.4. The number of hydrogen-bond donors (Lipinski definition) is 2. The minimum absolute atomic E-state index is 0.162. The van der Waals surface area contributed by atoms with Crippen LogP contribution in [0.4, 0.5) is 5.69 Å². The van der Waals surface area contributed by atoms with E-state index in [9.17, 15) is 4.79 Å². The Bertz CT molecular complexity index is 1060. The molecule has 0 saturated heterocycles. The van der Waals surface area contributed by atoms with E-state index in [-0.39, 0.29) is 19.5 Å². The molecule has 8 nitrogen and oxygen atoms in total. The summed E-state index contributed by atoms with van der Waals surface area (Å²) in [7, 11) is 0. The molecular weight excluding hydrogens is 350 g/mol. The van der Waals surface area contributed by atoms with Crippen molar-refractivity contribution in [2.24, 2.45) is 0 Å². The van der Waals surface area contributed by atoms with Crippen LogP contribution in [0.1, 0.15) is 16.1 Å². The molecule has 136 valence electrons. The minimum atomic E-state index is -0.264. The summed E-state index contributed by atoms with van der Waals surface area (Å²) in [5.41, 5.74) is 3.26. The Labute approximate surface area is 154 Å². The molecule has 0 atom stereocenters. The van der Waals surface area contributed by atoms with Gasteiger partial charge in [-0.15, -0.1) is 0 Å². The standard InChI is InChI=1S/C19H15N3O5/c1-10-17(20-19(23)12-3-5-14-16(7-12)27-9-25-14)18(22-21-10)11-2-4-13-15(6-11)26-8-24-13/h2-7H,8-9H2,1H3,(H,20,23)(H,21,22). The highest BCUT2D eigenvalue weighted by Gasteiger charge is 2.21. The lowest BCUT2D eigenvalue weighted by atomic mass is 10.1. The van der Waals surface area contributed by atoms with Gasteiger partial charge in [0.2, 0.25) is 13.6 Å². The predicted octanol–water partition coefficient (Wildman–Crippen LogP) is 3.09. The van der Waals surface area contributed by atoms with Crippen LogP contribution in [0, 0.1) is 6.92 Å². The molecule has 0 spiro atoms. The third-order valence-electron chi connectivity index (χ3n) is 4.47. The lowest BCUT2D eigenvalue weighted by Crippen LogP contribution is -2.12. The number of amides is 1. The molecule has 0 saturated carbocycles. The van der Waals surface area contributed by atoms with E-state index in [0.29, 0.717) is 39.9 Å². The van der Waals surface area contributed by atoms with Gasteiger partial charge in [-0.25, -0.2) is 0 Å². The van der Waals surface area contributed by atoms with Crippen LogP contribution < -0.4 is 24.3 Å². The number of ether oxygens (including phenoxy) is 4. The van der Waals surface area contributed by atoms with E-state index in [4.69, 9.17) is 18.9 Å². The Balaban J connectivity index is 1.46. The van der Waals surface area contributed by atoms with Gasteiger partial charge in [-0.3, -0.25) is 9.89 Å². The van der Waals surface area contributed by atoms with E-state index in [1.54, 1.807) is 18.2 Å². The highest BCUT2D eigenvalue weighted by molar-refractivity contribution is 6.06. The molecule has 2 aromatic carbocycles. The van der Waals surface area contributed by atoms with Gasteiger partial charge in [-0.1, -0.05) is 0 Å². The lowest BCUT2D eigenvalue weighted by Gasteiger charge is -2.08. The van der Waals surface area contributed by atoms with Crippen molar-refractivity contribution in [1.82, 2.24) is 10.2 Å². The summed E-state index contributed by atoms with van der Waals surface area (Å²) in [5, 5.41) is 10.2. The molecule has 2 N–H and O–H groups in total. The van der Waals surface area contributed by atoms with Crippen molar-refractivity contribution >= 4 is 11.6 Å². The SMILES string of the molecule is Cc1[nH]nc(-c2ccc3c(c2)OCO3)c1NC(=O)c1ccc2c(c1)OCO2. The van der Waals surface area contributed by atoms with Gasteiger partial charge in [0.15, 0.2) is 23.0 Å². The summed E-state index contributed by atoms with van der Waals surface area (Å²) in [4.78, 5) is 12.7. The molecule has 3 heterocycles. The van der Waals surface area contributed by atoms with Crippen LogP contribution >= 0.6 is 0 Å². The summed E-state index contributed by atoms with van der Waals surface area (Å²) >= 11 is 0. The topological polar surface area (TPSA) is 94.7 Å². The molecule has 0 radical (unpaired) electrons. The van der Waals surface area contributed by atoms with Crippen molar-refractivity contribution in [1.29, 1.82) is 0 Å². The molecule has 0 unspecified atom stereocenters. The highest BCUT2D eigenvalue weighted by atomic mass is 16.7. The van der Waals surface area contributed by atoms with Crippen LogP contribution in [-0.4, -0.2) is 29.7 Å². The van der Waals surface area contributed by atoms with E-state index in [1.807, 2.05) is 25.1 Å². The molecule has 0 fully saturated rings. The first-order valence-corrected chi connectivity index (χ1v) is 8.35. The lowest BCUT2D eigenvalue weighted by molar-refractivity contribution is 0.102. The summed E-state index contributed by atoms with van der Waals surface area (Å²) in [6.45, 7) is 2.21. The van der Waals surface area contributed by atoms with Crippen molar-refractivity contribution < 1.29 is 23.7 Å². The summed E-state index contributed by atoms with van der Waals surface area (Å²) in [5.74, 6) is 2.27. The second-order valence-electron chi connectivity index (χ2n) is 6.16. The molecule has 3 aromatic rings. The average Bonchev–Trinajstić information content (AvgIpc) is 3.40. The molecule has 1 aromatic heterocycles. The first-order valence-electron chi connectivity index (χ1n) is 8.35. The second-order valence-corrected chi connectivity index (χ2v) is 6.16. The number of fused-ring (bicyclic) bond motifs is 2. The summed E-state index contributed by atoms with van der Waals surface area (Å²) in [6, 6.07) is 10.6. The predicted molar refractivity (Wildman–Crippen MR) is 95.4 cm³/mol. The van der Waals surface area contributed by atoms with Gasteiger partial charge in [-0.2, -0.15) is 5.10 Å². The van der Waals surface area contributed by atoms with E-state index >= 15 is 0 Å². The molecule has 2 aliphatic rings. The first-order chi connectivity index (χ1) is 13.2. The van der Waals surface area contributed by atoms with Crippen LogP contribution in [0.15, 0.2) is 36.4 Å². The van der Waals surface area contributed by atoms with Crippen molar-refractivity contribution in [3.05, 3.63) is 47.7 Å². The normalized spacial score (nSPS) is 13.7. The Kier molecular flexibility index (Phi) is 3.43. The first kappa shape index (κ1) is 15.6. The zero-order valence-corrected chi connectivity index (χ0v) is 14.4. The number of nitrogens with zero attached hydrogens (tertiary/aromatic N) is 1. The zero-order valence-electron chi connectivity index (χ0n) is 14.4. The van der Waals surface area contributed by atoms with E-state index < -0.39 is 0 Å². The Morgan fingerprint density at radius 1 is 0.963 bits per heavy atom. The number of carbonyl (C=O) groups excluding carboxylic acids is 1. The number of carbonyl (C=O) groups is 1. The van der Waals surface area contributed by atoms with Crippen LogP contribution in [0.3, 0.4) is 0 Å². The number of benzene rings is 2. The van der Waals surface area contributed by atoms with Gasteiger partial charge in [0.1, 0.15) is 5.69 Å². The fourth-order valence-electron chi connectivity index (χ4n) is 3.06. The van der Waals surface area contributed by atoms with Crippen molar-refractivity contribution in [2.45, 2.75) is 6.92 Å². The molecule has 1 amide bonds. The maximum atomic E-state index is 12.7. The molecule has 27 heavy (non-hydrogen) atoms. The third kappa shape index (κ3) is 2.62. The second kappa shape index (κ2) is 5.94. The average molecular weight is 365 g/mol. The van der Waals surface area contributed by atoms with Gasteiger partial charge in [0, 0.05) is 11.1 Å². The Morgan fingerprint density at radius 3 is 2.41 bits per heavy atom. The molecule has 8 heteroatoms. The summed E-state index contributed by atoms with van der Waals surface area (Å²) in [6.07, 6.45) is 0. The maximum absolute atomic E-state index is 12.7. The van der Waals surface area contributed by atoms with E-state index in [2.05, 4.69) is 15.5 Å². The van der Waals surface area contributed by atoms with Gasteiger partial charge < -0.3 is 24.3 Å². The number of hydrogen-bond acceptors (Lipinski definition) is 6. The number of aryl methyl sites for hydroxylation is 1. The van der Waals surface area contributed by atoms with Crippen LogP contribution in [0.2, 0.25) is 0 Å². The van der Waals surface area contributed by atoms with Gasteiger partial charge in [0.05, 0.1) is 11.4 Å². The zero-order chi connectivity index (χ0) is 18.4. The Morgan fingerprint density at radius 2 is 1.63 bits per heavy atom. The third-order valence-corrected chi connectivity index (χ3v) is 4.47. The number of nitrogens with one attached hydrogen (secondary N) is 2. The number of anilines is 1. The molecular formula is C19H15N3O5. The minimum Gasteiger partial charge on any atom is -0.454 e. The number of rotatable bonds is 3. The molecule has 0 aliphatic carbocycles. The fourth-order valence-corrected chi connectivity index (χ4v) is 3.06. The smallest absolute Gasteiger partial charge is 0.255 e. The number of aromatic amines is 1. The van der Waals surface area contributed by atoms with Crippen LogP contribution in [0.5, 0.6) is 23.0 Å². The maximum Gasteiger partial charge on any atom is 0.255 e. The van der Waals surface area contributed by atoms with Gasteiger partial charge in [-0.05, 0) is 43.3 Å². The largest absolute Gasteiger partial charge is 0.454 e.